The number of benzene rings is 3. The van der Waals surface area contributed by atoms with Gasteiger partial charge in [-0.15, -0.1) is 0 Å². The Morgan fingerprint density at radius 2 is 1.28 bits per heavy atom. The van der Waals surface area contributed by atoms with E-state index in [0.29, 0.717) is 5.82 Å². The van der Waals surface area contributed by atoms with E-state index in [2.05, 4.69) is 111 Å². The molecule has 1 N–H and O–H groups in total. The Balaban J connectivity index is 0.000000166. The van der Waals surface area contributed by atoms with E-state index in [1.165, 1.54) is 27.8 Å². The van der Waals surface area contributed by atoms with Gasteiger partial charge in [0.25, 0.3) is 0 Å². The van der Waals surface area contributed by atoms with Crippen molar-refractivity contribution in [2.24, 2.45) is 0 Å². The Morgan fingerprint density at radius 1 is 0.759 bits per heavy atom. The Kier molecular flexibility index (Phi) is 7.07. The van der Waals surface area contributed by atoms with Crippen LogP contribution < -0.4 is 0 Å². The van der Waals surface area contributed by atoms with Crippen LogP contribution in [-0.2, 0) is 6.42 Å². The summed E-state index contributed by atoms with van der Waals surface area (Å²) >= 11 is 0. The van der Waals surface area contributed by atoms with Gasteiger partial charge in [-0.1, -0.05) is 78.9 Å². The third-order valence-corrected chi connectivity index (χ3v) is 5.34. The summed E-state index contributed by atoms with van der Waals surface area (Å²) in [7, 11) is 2.24. The molecular formula is C26H29BN2. The molecule has 0 aliphatic carbocycles. The van der Waals surface area contributed by atoms with Gasteiger partial charge in [-0.05, 0) is 54.4 Å². The van der Waals surface area contributed by atoms with Gasteiger partial charge in [0, 0.05) is 18.3 Å². The van der Waals surface area contributed by atoms with Crippen molar-refractivity contribution in [3.05, 3.63) is 124 Å². The zero-order chi connectivity index (χ0) is 20.6. The number of rotatable bonds is 4. The Labute approximate surface area is 175 Å². The lowest BCUT2D eigenvalue weighted by Gasteiger charge is -2.11. The zero-order valence-corrected chi connectivity index (χ0v) is 17.8. The van der Waals surface area contributed by atoms with Gasteiger partial charge in [0.1, 0.15) is 13.7 Å². The quantitative estimate of drug-likeness (QED) is 0.476. The van der Waals surface area contributed by atoms with Gasteiger partial charge >= 0.3 is 0 Å². The molecule has 3 aromatic carbocycles. The highest BCUT2D eigenvalue weighted by Crippen LogP contribution is 2.20. The Morgan fingerprint density at radius 3 is 1.72 bits per heavy atom. The van der Waals surface area contributed by atoms with Crippen LogP contribution in [0.1, 0.15) is 45.2 Å². The number of H-pyrrole nitrogens is 1. The van der Waals surface area contributed by atoms with Crippen molar-refractivity contribution in [3.63, 3.8) is 0 Å². The van der Waals surface area contributed by atoms with Crippen molar-refractivity contribution >= 4 is 7.85 Å². The van der Waals surface area contributed by atoms with Gasteiger partial charge in [0.2, 0.25) is 0 Å². The molecule has 3 heteroatoms. The molecule has 0 amide bonds. The molecule has 4 rings (SSSR count). The summed E-state index contributed by atoms with van der Waals surface area (Å²) in [6, 6.07) is 27.6. The first-order valence-corrected chi connectivity index (χ1v) is 10.2. The van der Waals surface area contributed by atoms with Gasteiger partial charge in [0.05, 0.1) is 0 Å². The number of aromatic amines is 1. The van der Waals surface area contributed by atoms with Gasteiger partial charge in [-0.3, -0.25) is 0 Å². The van der Waals surface area contributed by atoms with Crippen LogP contribution in [0.15, 0.2) is 85.1 Å². The van der Waals surface area contributed by atoms with Gasteiger partial charge in [0.15, 0.2) is 0 Å². The highest BCUT2D eigenvalue weighted by molar-refractivity contribution is 6.14. The first-order chi connectivity index (χ1) is 14.0. The molecule has 0 radical (unpaired) electrons. The lowest BCUT2D eigenvalue weighted by molar-refractivity contribution is 0.994. The van der Waals surface area contributed by atoms with Crippen LogP contribution in [-0.4, -0.2) is 17.8 Å². The van der Waals surface area contributed by atoms with Crippen molar-refractivity contribution in [1.29, 1.82) is 0 Å². The summed E-state index contributed by atoms with van der Waals surface area (Å²) in [5, 5.41) is 0. The summed E-state index contributed by atoms with van der Waals surface area (Å²) < 4.78 is 0. The number of aryl methyl sites for hydroxylation is 3. The normalized spacial score (nSPS) is 10.5. The van der Waals surface area contributed by atoms with Crippen molar-refractivity contribution in [2.45, 2.75) is 33.0 Å². The predicted molar refractivity (Wildman–Crippen MR) is 125 cm³/mol. The van der Waals surface area contributed by atoms with Gasteiger partial charge < -0.3 is 4.98 Å². The molecule has 0 fully saturated rings. The SMILES string of the molecule is BC(c1ccccc1)c1ccccc1.Cc1cnc(Cc2c(C)cccc2C)[nH]1. The molecular weight excluding hydrogens is 351 g/mol. The summed E-state index contributed by atoms with van der Waals surface area (Å²) in [6.07, 6.45) is 2.77. The molecule has 0 saturated heterocycles. The van der Waals surface area contributed by atoms with Crippen LogP contribution in [0.2, 0.25) is 0 Å². The van der Waals surface area contributed by atoms with Crippen molar-refractivity contribution in [2.75, 3.05) is 0 Å². The molecule has 0 aliphatic rings. The maximum Gasteiger partial charge on any atom is 0.116 e. The van der Waals surface area contributed by atoms with Gasteiger partial charge in [-0.2, -0.15) is 0 Å². The fraction of sp³-hybridized carbons (Fsp3) is 0.192. The topological polar surface area (TPSA) is 28.7 Å². The number of nitrogens with zero attached hydrogens (tertiary/aromatic N) is 1. The van der Waals surface area contributed by atoms with Crippen molar-refractivity contribution in [3.8, 4) is 0 Å². The molecule has 1 aromatic heterocycles. The molecule has 4 aromatic rings. The molecule has 29 heavy (non-hydrogen) atoms. The molecule has 0 saturated carbocycles. The largest absolute Gasteiger partial charge is 0.346 e. The van der Waals surface area contributed by atoms with Crippen molar-refractivity contribution < 1.29 is 0 Å². The summed E-state index contributed by atoms with van der Waals surface area (Å²) in [6.45, 7) is 6.33. The average Bonchev–Trinajstić information content (AvgIpc) is 3.17. The fourth-order valence-electron chi connectivity index (χ4n) is 3.53. The van der Waals surface area contributed by atoms with Crippen LogP contribution in [0.4, 0.5) is 0 Å². The maximum absolute atomic E-state index is 4.34. The third kappa shape index (κ3) is 5.71. The van der Waals surface area contributed by atoms with E-state index < -0.39 is 0 Å². The second-order valence-corrected chi connectivity index (χ2v) is 7.60. The minimum atomic E-state index is 0.484. The first kappa shape index (κ1) is 20.7. The average molecular weight is 380 g/mol. The van der Waals surface area contributed by atoms with E-state index in [-0.39, 0.29) is 0 Å². The standard InChI is InChI=1S/C13H13B.C13H16N2/c14-13(11-7-3-1-4-8-11)12-9-5-2-6-10-12;1-9-5-4-6-10(2)12(9)7-13-14-8-11(3)15-13/h1-10,13H,14H2;4-6,8H,7H2,1-3H3,(H,14,15). The predicted octanol–water partition coefficient (Wildman–Crippen LogP) is 5.33. The number of nitrogens with one attached hydrogen (secondary N) is 1. The van der Waals surface area contributed by atoms with Crippen LogP contribution in [0.3, 0.4) is 0 Å². The summed E-state index contributed by atoms with van der Waals surface area (Å²) in [5.74, 6) is 1.53. The molecule has 146 valence electrons. The molecule has 0 aliphatic heterocycles. The lowest BCUT2D eigenvalue weighted by Crippen LogP contribution is -1.99. The first-order valence-electron chi connectivity index (χ1n) is 10.2. The van der Waals surface area contributed by atoms with Crippen LogP contribution in [0, 0.1) is 20.8 Å². The monoisotopic (exact) mass is 380 g/mol. The molecule has 2 nitrogen and oxygen atoms in total. The highest BCUT2D eigenvalue weighted by atomic mass is 14.9. The minimum absolute atomic E-state index is 0.484. The summed E-state index contributed by atoms with van der Waals surface area (Å²) in [4.78, 5) is 7.61. The molecule has 0 atom stereocenters. The van der Waals surface area contributed by atoms with E-state index in [4.69, 9.17) is 0 Å². The number of imidazole rings is 1. The van der Waals surface area contributed by atoms with E-state index in [1.54, 1.807) is 0 Å². The Hall–Kier alpha value is -3.07. The minimum Gasteiger partial charge on any atom is -0.346 e. The number of hydrogen-bond acceptors (Lipinski definition) is 1. The summed E-state index contributed by atoms with van der Waals surface area (Å²) in [5.41, 5.74) is 7.92. The molecule has 0 bridgehead atoms. The number of aromatic nitrogens is 2. The second-order valence-electron chi connectivity index (χ2n) is 7.60. The van der Waals surface area contributed by atoms with E-state index in [1.807, 2.05) is 13.1 Å². The van der Waals surface area contributed by atoms with Crippen LogP contribution >= 0.6 is 0 Å². The van der Waals surface area contributed by atoms with Gasteiger partial charge in [-0.25, -0.2) is 4.98 Å². The van der Waals surface area contributed by atoms with Crippen molar-refractivity contribution in [1.82, 2.24) is 9.97 Å². The van der Waals surface area contributed by atoms with Crippen LogP contribution in [0.25, 0.3) is 0 Å². The van der Waals surface area contributed by atoms with E-state index >= 15 is 0 Å². The Bertz CT molecular complexity index is 963. The smallest absolute Gasteiger partial charge is 0.116 e. The maximum atomic E-state index is 4.34. The van der Waals surface area contributed by atoms with E-state index in [9.17, 15) is 0 Å². The second kappa shape index (κ2) is 9.93. The highest BCUT2D eigenvalue weighted by Gasteiger charge is 2.06. The fourth-order valence-corrected chi connectivity index (χ4v) is 3.53. The molecule has 1 heterocycles. The third-order valence-electron chi connectivity index (χ3n) is 5.34. The van der Waals surface area contributed by atoms with E-state index in [0.717, 1.165) is 17.9 Å². The van der Waals surface area contributed by atoms with Crippen LogP contribution in [0.5, 0.6) is 0 Å². The number of hydrogen-bond donors (Lipinski definition) is 1. The molecule has 0 unspecified atom stereocenters. The zero-order valence-electron chi connectivity index (χ0n) is 17.8. The lowest BCUT2D eigenvalue weighted by atomic mass is 9.76. The molecule has 0 spiro atoms.